The third kappa shape index (κ3) is 3.03. The van der Waals surface area contributed by atoms with E-state index in [9.17, 15) is 14.4 Å². The number of carboxylic acids is 2. The first-order valence-electron chi connectivity index (χ1n) is 7.86. The van der Waals surface area contributed by atoms with Gasteiger partial charge in [-0.05, 0) is 56.3 Å². The van der Waals surface area contributed by atoms with Crippen LogP contribution in [0.2, 0.25) is 0 Å². The third-order valence-electron chi connectivity index (χ3n) is 5.35. The van der Waals surface area contributed by atoms with Gasteiger partial charge >= 0.3 is 18.0 Å². The molecular formula is C15H22N2O5. The molecule has 0 spiro atoms. The van der Waals surface area contributed by atoms with Gasteiger partial charge in [0.15, 0.2) is 0 Å². The molecule has 0 aliphatic heterocycles. The zero-order chi connectivity index (χ0) is 15.9. The lowest BCUT2D eigenvalue weighted by molar-refractivity contribution is -0.140. The molecule has 7 heteroatoms. The van der Waals surface area contributed by atoms with Gasteiger partial charge in [0.1, 0.15) is 13.1 Å². The Balaban J connectivity index is 1.69. The highest BCUT2D eigenvalue weighted by Crippen LogP contribution is 2.55. The molecule has 3 N–H and O–H groups in total. The Labute approximate surface area is 128 Å². The van der Waals surface area contributed by atoms with E-state index in [1.807, 2.05) is 0 Å². The Hall–Kier alpha value is -1.79. The van der Waals surface area contributed by atoms with Gasteiger partial charge in [0.2, 0.25) is 0 Å². The van der Waals surface area contributed by atoms with E-state index in [0.29, 0.717) is 17.8 Å². The van der Waals surface area contributed by atoms with Crippen molar-refractivity contribution in [2.24, 2.45) is 17.8 Å². The normalized spacial score (nSPS) is 35.2. The maximum absolute atomic E-state index is 12.4. The number of carbonyl (C=O) groups excluding carboxylic acids is 1. The molecule has 4 bridgehead atoms. The number of nitrogens with zero attached hydrogens (tertiary/aromatic N) is 1. The molecule has 0 aromatic rings. The van der Waals surface area contributed by atoms with Crippen LogP contribution in [0.25, 0.3) is 0 Å². The van der Waals surface area contributed by atoms with Crippen molar-refractivity contribution in [2.75, 3.05) is 13.1 Å². The highest BCUT2D eigenvalue weighted by molar-refractivity contribution is 5.84. The van der Waals surface area contributed by atoms with E-state index in [2.05, 4.69) is 5.32 Å². The number of aliphatic carboxylic acids is 2. The van der Waals surface area contributed by atoms with Crippen molar-refractivity contribution in [3.8, 4) is 0 Å². The van der Waals surface area contributed by atoms with E-state index >= 15 is 0 Å². The molecule has 4 fully saturated rings. The first-order valence-corrected chi connectivity index (χ1v) is 7.86. The number of amides is 2. The summed E-state index contributed by atoms with van der Waals surface area (Å²) in [5, 5.41) is 20.7. The summed E-state index contributed by atoms with van der Waals surface area (Å²) >= 11 is 0. The monoisotopic (exact) mass is 310 g/mol. The van der Waals surface area contributed by atoms with Crippen LogP contribution in [0.4, 0.5) is 4.79 Å². The van der Waals surface area contributed by atoms with Crippen molar-refractivity contribution < 1.29 is 24.6 Å². The standard InChI is InChI=1S/C15H22N2O5/c18-12(19)7-17(8-13(20)21)14(22)16-15-4-9-1-10(5-15)3-11(2-9)6-15/h9-11H,1-8H2,(H,16,22)(H,18,19)(H,20,21). The fourth-order valence-corrected chi connectivity index (χ4v) is 5.10. The summed E-state index contributed by atoms with van der Waals surface area (Å²) < 4.78 is 0. The van der Waals surface area contributed by atoms with Crippen molar-refractivity contribution in [2.45, 2.75) is 44.1 Å². The first-order chi connectivity index (χ1) is 10.3. The maximum atomic E-state index is 12.4. The molecule has 4 rings (SSSR count). The minimum Gasteiger partial charge on any atom is -0.480 e. The van der Waals surface area contributed by atoms with E-state index in [0.717, 1.165) is 24.2 Å². The predicted molar refractivity (Wildman–Crippen MR) is 76.3 cm³/mol. The molecule has 0 saturated heterocycles. The van der Waals surface area contributed by atoms with E-state index < -0.39 is 31.1 Å². The maximum Gasteiger partial charge on any atom is 0.323 e. The Kier molecular flexibility index (Phi) is 3.74. The molecule has 0 heterocycles. The predicted octanol–water partition coefficient (Wildman–Crippen LogP) is 1.14. The molecule has 122 valence electrons. The molecular weight excluding hydrogens is 288 g/mol. The van der Waals surface area contributed by atoms with Crippen molar-refractivity contribution in [3.63, 3.8) is 0 Å². The van der Waals surface area contributed by atoms with Crippen LogP contribution < -0.4 is 5.32 Å². The van der Waals surface area contributed by atoms with Crippen molar-refractivity contribution in [1.82, 2.24) is 10.2 Å². The lowest BCUT2D eigenvalue weighted by Crippen LogP contribution is -2.62. The molecule has 2 amide bonds. The summed E-state index contributed by atoms with van der Waals surface area (Å²) in [5.41, 5.74) is -0.249. The Morgan fingerprint density at radius 3 is 1.68 bits per heavy atom. The van der Waals surface area contributed by atoms with Crippen molar-refractivity contribution in [1.29, 1.82) is 0 Å². The third-order valence-corrected chi connectivity index (χ3v) is 5.35. The molecule has 4 saturated carbocycles. The fourth-order valence-electron chi connectivity index (χ4n) is 5.10. The fraction of sp³-hybridized carbons (Fsp3) is 0.800. The molecule has 22 heavy (non-hydrogen) atoms. The number of hydrogen-bond acceptors (Lipinski definition) is 3. The van der Waals surface area contributed by atoms with E-state index in [1.165, 1.54) is 19.3 Å². The van der Waals surface area contributed by atoms with Crippen molar-refractivity contribution in [3.05, 3.63) is 0 Å². The van der Waals surface area contributed by atoms with Gasteiger partial charge in [-0.25, -0.2) is 4.79 Å². The minimum absolute atomic E-state index is 0.249. The van der Waals surface area contributed by atoms with Crippen LogP contribution >= 0.6 is 0 Å². The molecule has 0 atom stereocenters. The van der Waals surface area contributed by atoms with Gasteiger partial charge in [-0.1, -0.05) is 0 Å². The largest absolute Gasteiger partial charge is 0.480 e. The average molecular weight is 310 g/mol. The van der Waals surface area contributed by atoms with Gasteiger partial charge in [-0.2, -0.15) is 0 Å². The van der Waals surface area contributed by atoms with E-state index in [4.69, 9.17) is 10.2 Å². The summed E-state index contributed by atoms with van der Waals surface area (Å²) in [6, 6.07) is -0.563. The lowest BCUT2D eigenvalue weighted by Gasteiger charge is -2.57. The lowest BCUT2D eigenvalue weighted by atomic mass is 9.53. The highest BCUT2D eigenvalue weighted by atomic mass is 16.4. The van der Waals surface area contributed by atoms with Crippen molar-refractivity contribution >= 4 is 18.0 Å². The summed E-state index contributed by atoms with van der Waals surface area (Å²) in [7, 11) is 0. The molecule has 0 aromatic carbocycles. The van der Waals surface area contributed by atoms with Gasteiger partial charge in [-0.15, -0.1) is 0 Å². The Morgan fingerprint density at radius 2 is 1.32 bits per heavy atom. The van der Waals surface area contributed by atoms with E-state index in [1.54, 1.807) is 0 Å². The SMILES string of the molecule is O=C(O)CN(CC(=O)O)C(=O)NC12CC3CC(CC(C3)C1)C2. The van der Waals surface area contributed by atoms with Gasteiger partial charge in [0, 0.05) is 5.54 Å². The second-order valence-electron chi connectivity index (χ2n) is 7.27. The van der Waals surface area contributed by atoms with Gasteiger partial charge in [-0.3, -0.25) is 9.59 Å². The second kappa shape index (κ2) is 5.44. The smallest absolute Gasteiger partial charge is 0.323 e. The quantitative estimate of drug-likeness (QED) is 0.706. The van der Waals surface area contributed by atoms with Gasteiger partial charge < -0.3 is 20.4 Å². The zero-order valence-corrected chi connectivity index (χ0v) is 12.5. The minimum atomic E-state index is -1.21. The topological polar surface area (TPSA) is 107 Å². The van der Waals surface area contributed by atoms with Crippen LogP contribution in [0.5, 0.6) is 0 Å². The van der Waals surface area contributed by atoms with Crippen LogP contribution in [0.1, 0.15) is 38.5 Å². The van der Waals surface area contributed by atoms with Crippen LogP contribution in [-0.4, -0.2) is 51.7 Å². The Morgan fingerprint density at radius 1 is 0.909 bits per heavy atom. The van der Waals surface area contributed by atoms with Gasteiger partial charge in [0.05, 0.1) is 0 Å². The number of urea groups is 1. The first kappa shape index (κ1) is 15.1. The van der Waals surface area contributed by atoms with Crippen LogP contribution in [0, 0.1) is 17.8 Å². The van der Waals surface area contributed by atoms with Crippen LogP contribution in [-0.2, 0) is 9.59 Å². The van der Waals surface area contributed by atoms with Gasteiger partial charge in [0.25, 0.3) is 0 Å². The molecule has 0 unspecified atom stereocenters. The molecule has 0 radical (unpaired) electrons. The average Bonchev–Trinajstić information content (AvgIpc) is 2.34. The number of rotatable bonds is 5. The number of carboxylic acid groups (broad SMARTS) is 2. The summed E-state index contributed by atoms with van der Waals surface area (Å²) in [6.07, 6.45) is 6.55. The molecule has 4 aliphatic rings. The summed E-state index contributed by atoms with van der Waals surface area (Å²) in [4.78, 5) is 34.9. The molecule has 7 nitrogen and oxygen atoms in total. The molecule has 0 aromatic heterocycles. The number of hydrogen-bond donors (Lipinski definition) is 3. The number of nitrogens with one attached hydrogen (secondary N) is 1. The summed E-state index contributed by atoms with van der Waals surface area (Å²) in [6.45, 7) is -1.19. The molecule has 4 aliphatic carbocycles. The number of carbonyl (C=O) groups is 3. The zero-order valence-electron chi connectivity index (χ0n) is 12.5. The van der Waals surface area contributed by atoms with E-state index in [-0.39, 0.29) is 5.54 Å². The second-order valence-corrected chi connectivity index (χ2v) is 7.27. The van der Waals surface area contributed by atoms with Crippen LogP contribution in [0.15, 0.2) is 0 Å². The highest BCUT2D eigenvalue weighted by Gasteiger charge is 2.51. The van der Waals surface area contributed by atoms with Crippen LogP contribution in [0.3, 0.4) is 0 Å². The summed E-state index contributed by atoms with van der Waals surface area (Å²) in [5.74, 6) is -0.458. The Bertz CT molecular complexity index is 453.